The lowest BCUT2D eigenvalue weighted by Crippen LogP contribution is -2.59. The molecule has 6 nitrogen and oxygen atoms in total. The van der Waals surface area contributed by atoms with E-state index in [2.05, 4.69) is 15.4 Å². The number of sulfonamides is 1. The third-order valence-electron chi connectivity index (χ3n) is 4.03. The van der Waals surface area contributed by atoms with Crippen molar-refractivity contribution in [2.75, 3.05) is 6.54 Å². The Labute approximate surface area is 142 Å². The number of amides is 1. The van der Waals surface area contributed by atoms with E-state index in [1.165, 1.54) is 19.1 Å². The van der Waals surface area contributed by atoms with E-state index in [-0.39, 0.29) is 35.0 Å². The lowest BCUT2D eigenvalue weighted by atomic mass is 9.86. The van der Waals surface area contributed by atoms with Crippen molar-refractivity contribution in [3.05, 3.63) is 29.6 Å². The van der Waals surface area contributed by atoms with Crippen LogP contribution in [0.4, 0.5) is 4.39 Å². The summed E-state index contributed by atoms with van der Waals surface area (Å²) in [5.41, 5.74) is 0.236. The van der Waals surface area contributed by atoms with Gasteiger partial charge in [0.05, 0.1) is 11.4 Å². The first kappa shape index (κ1) is 18.8. The topological polar surface area (TPSA) is 87.3 Å². The summed E-state index contributed by atoms with van der Waals surface area (Å²) >= 11 is 0. The van der Waals surface area contributed by atoms with Crippen LogP contribution in [-0.4, -0.2) is 39.0 Å². The van der Waals surface area contributed by atoms with Crippen LogP contribution in [0.5, 0.6) is 0 Å². The highest BCUT2D eigenvalue weighted by molar-refractivity contribution is 7.89. The number of benzene rings is 1. The lowest BCUT2D eigenvalue weighted by molar-refractivity contribution is -0.121. The van der Waals surface area contributed by atoms with Gasteiger partial charge in [0.25, 0.3) is 0 Å². The van der Waals surface area contributed by atoms with Crippen LogP contribution in [0.15, 0.2) is 23.1 Å². The van der Waals surface area contributed by atoms with Crippen LogP contribution in [0.25, 0.3) is 0 Å². The molecule has 1 saturated carbocycles. The Bertz CT molecular complexity index is 707. The van der Waals surface area contributed by atoms with E-state index in [1.54, 1.807) is 0 Å². The molecular weight excluding hydrogens is 333 g/mol. The molecule has 0 bridgehead atoms. The fraction of sp³-hybridized carbons (Fsp3) is 0.562. The molecule has 0 radical (unpaired) electrons. The zero-order chi connectivity index (χ0) is 17.9. The first-order valence-electron chi connectivity index (χ1n) is 8.00. The van der Waals surface area contributed by atoms with Crippen LogP contribution in [0.3, 0.4) is 0 Å². The molecule has 134 valence electrons. The Balaban J connectivity index is 1.87. The quantitative estimate of drug-likeness (QED) is 0.681. The summed E-state index contributed by atoms with van der Waals surface area (Å²) in [5, 5.41) is 6.18. The molecule has 1 aromatic carbocycles. The van der Waals surface area contributed by atoms with Gasteiger partial charge in [-0.3, -0.25) is 4.79 Å². The minimum absolute atomic E-state index is 0.0254. The van der Waals surface area contributed by atoms with Gasteiger partial charge in [-0.2, -0.15) is 0 Å². The SMILES string of the molecule is Cc1cc(S(=O)(=O)NCC(=O)NC2CCC2NC(C)C)ccc1F. The molecule has 8 heteroatoms. The summed E-state index contributed by atoms with van der Waals surface area (Å²) in [6, 6.07) is 4.10. The summed E-state index contributed by atoms with van der Waals surface area (Å²) in [5.74, 6) is -0.849. The number of halogens is 1. The monoisotopic (exact) mass is 357 g/mol. The third-order valence-corrected chi connectivity index (χ3v) is 5.43. The highest BCUT2D eigenvalue weighted by Crippen LogP contribution is 2.20. The second-order valence-electron chi connectivity index (χ2n) is 6.41. The molecule has 0 saturated heterocycles. The Morgan fingerprint density at radius 1 is 1.29 bits per heavy atom. The normalized spacial score (nSPS) is 20.7. The molecule has 2 atom stereocenters. The van der Waals surface area contributed by atoms with Gasteiger partial charge in [0.1, 0.15) is 5.82 Å². The van der Waals surface area contributed by atoms with E-state index in [1.807, 2.05) is 13.8 Å². The number of carbonyl (C=O) groups is 1. The second-order valence-corrected chi connectivity index (χ2v) is 8.18. The predicted molar refractivity (Wildman–Crippen MR) is 89.5 cm³/mol. The maximum Gasteiger partial charge on any atom is 0.241 e. The summed E-state index contributed by atoms with van der Waals surface area (Å²) in [7, 11) is -3.84. The van der Waals surface area contributed by atoms with Gasteiger partial charge in [0.15, 0.2) is 0 Å². The fourth-order valence-corrected chi connectivity index (χ4v) is 3.65. The molecule has 1 aliphatic rings. The van der Waals surface area contributed by atoms with Crippen molar-refractivity contribution in [1.29, 1.82) is 0 Å². The van der Waals surface area contributed by atoms with Crippen molar-refractivity contribution < 1.29 is 17.6 Å². The molecule has 3 N–H and O–H groups in total. The van der Waals surface area contributed by atoms with Gasteiger partial charge >= 0.3 is 0 Å². The Morgan fingerprint density at radius 3 is 2.50 bits per heavy atom. The summed E-state index contributed by atoms with van der Waals surface area (Å²) in [6.07, 6.45) is 1.86. The third kappa shape index (κ3) is 4.75. The molecule has 0 aliphatic heterocycles. The van der Waals surface area contributed by atoms with Crippen LogP contribution >= 0.6 is 0 Å². The lowest BCUT2D eigenvalue weighted by Gasteiger charge is -2.39. The summed E-state index contributed by atoms with van der Waals surface area (Å²) < 4.78 is 39.8. The number of hydrogen-bond donors (Lipinski definition) is 3. The van der Waals surface area contributed by atoms with E-state index in [0.29, 0.717) is 6.04 Å². The molecular formula is C16H24FN3O3S. The highest BCUT2D eigenvalue weighted by Gasteiger charge is 2.32. The second kappa shape index (κ2) is 7.58. The van der Waals surface area contributed by atoms with Crippen molar-refractivity contribution >= 4 is 15.9 Å². The van der Waals surface area contributed by atoms with Gasteiger partial charge in [0.2, 0.25) is 15.9 Å². The Morgan fingerprint density at radius 2 is 1.96 bits per heavy atom. The van der Waals surface area contributed by atoms with Crippen LogP contribution in [0, 0.1) is 12.7 Å². The van der Waals surface area contributed by atoms with Crippen molar-refractivity contribution in [2.45, 2.75) is 56.6 Å². The van der Waals surface area contributed by atoms with E-state index in [9.17, 15) is 17.6 Å². The number of rotatable bonds is 7. The maximum absolute atomic E-state index is 13.2. The number of hydrogen-bond acceptors (Lipinski definition) is 4. The smallest absolute Gasteiger partial charge is 0.241 e. The van der Waals surface area contributed by atoms with Crippen molar-refractivity contribution in [2.24, 2.45) is 0 Å². The molecule has 1 aromatic rings. The Hall–Kier alpha value is -1.51. The van der Waals surface area contributed by atoms with E-state index >= 15 is 0 Å². The largest absolute Gasteiger partial charge is 0.351 e. The standard InChI is InChI=1S/C16H24FN3O3S/c1-10(2)19-14-6-7-15(14)20-16(21)9-18-24(22,23)12-4-5-13(17)11(3)8-12/h4-5,8,10,14-15,18-19H,6-7,9H2,1-3H3,(H,20,21). The zero-order valence-electron chi connectivity index (χ0n) is 14.1. The van der Waals surface area contributed by atoms with Gasteiger partial charge in [-0.25, -0.2) is 17.5 Å². The first-order valence-corrected chi connectivity index (χ1v) is 9.48. The Kier molecular flexibility index (Phi) is 5.95. The van der Waals surface area contributed by atoms with Crippen molar-refractivity contribution in [3.63, 3.8) is 0 Å². The van der Waals surface area contributed by atoms with Gasteiger partial charge in [-0.1, -0.05) is 13.8 Å². The zero-order valence-corrected chi connectivity index (χ0v) is 14.9. The highest BCUT2D eigenvalue weighted by atomic mass is 32.2. The number of nitrogens with one attached hydrogen (secondary N) is 3. The van der Waals surface area contributed by atoms with E-state index < -0.39 is 15.8 Å². The van der Waals surface area contributed by atoms with Crippen LogP contribution < -0.4 is 15.4 Å². The number of carbonyl (C=O) groups excluding carboxylic acids is 1. The molecule has 0 aromatic heterocycles. The van der Waals surface area contributed by atoms with Crippen LogP contribution in [-0.2, 0) is 14.8 Å². The van der Waals surface area contributed by atoms with Gasteiger partial charge in [-0.05, 0) is 43.5 Å². The minimum atomic E-state index is -3.84. The molecule has 1 aliphatic carbocycles. The average Bonchev–Trinajstić information content (AvgIpc) is 2.50. The molecule has 1 amide bonds. The minimum Gasteiger partial charge on any atom is -0.351 e. The van der Waals surface area contributed by atoms with E-state index in [4.69, 9.17) is 0 Å². The van der Waals surface area contributed by atoms with Crippen molar-refractivity contribution in [3.8, 4) is 0 Å². The first-order chi connectivity index (χ1) is 11.2. The van der Waals surface area contributed by atoms with Crippen LogP contribution in [0.1, 0.15) is 32.3 Å². The summed E-state index contributed by atoms with van der Waals surface area (Å²) in [4.78, 5) is 11.9. The van der Waals surface area contributed by atoms with E-state index in [0.717, 1.165) is 18.9 Å². The van der Waals surface area contributed by atoms with Gasteiger partial charge in [0, 0.05) is 18.1 Å². The molecule has 1 fully saturated rings. The van der Waals surface area contributed by atoms with Crippen LogP contribution in [0.2, 0.25) is 0 Å². The molecule has 2 rings (SSSR count). The molecule has 24 heavy (non-hydrogen) atoms. The number of aryl methyl sites for hydroxylation is 1. The van der Waals surface area contributed by atoms with Gasteiger partial charge < -0.3 is 10.6 Å². The van der Waals surface area contributed by atoms with Crippen molar-refractivity contribution in [1.82, 2.24) is 15.4 Å². The molecule has 0 spiro atoms. The summed E-state index contributed by atoms with van der Waals surface area (Å²) in [6.45, 7) is 5.22. The molecule has 2 unspecified atom stereocenters. The fourth-order valence-electron chi connectivity index (χ4n) is 2.59. The average molecular weight is 357 g/mol. The predicted octanol–water partition coefficient (Wildman–Crippen LogP) is 1.06. The van der Waals surface area contributed by atoms with Gasteiger partial charge in [-0.15, -0.1) is 0 Å². The maximum atomic E-state index is 13.2. The molecule has 0 heterocycles.